The molecule has 0 amide bonds. The van der Waals surface area contributed by atoms with Crippen LogP contribution < -0.4 is 0 Å². The van der Waals surface area contributed by atoms with Crippen LogP contribution in [-0.2, 0) is 18.4 Å². The molecule has 6 heteroatoms. The van der Waals surface area contributed by atoms with Crippen molar-refractivity contribution < 1.29 is 18.4 Å². The predicted molar refractivity (Wildman–Crippen MR) is 89.3 cm³/mol. The lowest BCUT2D eigenvalue weighted by atomic mass is 9.96. The molecule has 0 aliphatic heterocycles. The first-order valence-electron chi connectivity index (χ1n) is 6.63. The summed E-state index contributed by atoms with van der Waals surface area (Å²) >= 11 is 2.39. The van der Waals surface area contributed by atoms with Crippen molar-refractivity contribution >= 4 is 24.1 Å². The smallest absolute Gasteiger partial charge is 0.0725 e. The Bertz CT molecular complexity index is 576. The number of hydrogen-bond donors (Lipinski definition) is 0. The van der Waals surface area contributed by atoms with Gasteiger partial charge < -0.3 is 0 Å². The standard InChI is InChI=1S/C16H18O4S2/c1-11-7-5-9-13(21-19-17-3)15(11)16-12(2)8-6-10-14(16)22-20-18-4/h5-10H,1-4H3. The van der Waals surface area contributed by atoms with Crippen LogP contribution in [-0.4, -0.2) is 14.2 Å². The fourth-order valence-corrected chi connectivity index (χ4v) is 3.45. The Balaban J connectivity index is 2.55. The topological polar surface area (TPSA) is 36.9 Å². The minimum absolute atomic E-state index is 0.982. The van der Waals surface area contributed by atoms with Crippen LogP contribution in [0, 0.1) is 13.8 Å². The lowest BCUT2D eigenvalue weighted by Crippen LogP contribution is -1.94. The van der Waals surface area contributed by atoms with Crippen molar-refractivity contribution in [3.05, 3.63) is 47.5 Å². The van der Waals surface area contributed by atoms with Gasteiger partial charge in [-0.25, -0.2) is 9.78 Å². The molecule has 0 aliphatic rings. The highest BCUT2D eigenvalue weighted by Crippen LogP contribution is 2.41. The van der Waals surface area contributed by atoms with E-state index in [0.717, 1.165) is 32.0 Å². The Morgan fingerprint density at radius 2 is 1.09 bits per heavy atom. The number of hydrogen-bond acceptors (Lipinski definition) is 6. The third-order valence-electron chi connectivity index (χ3n) is 3.10. The average molecular weight is 338 g/mol. The van der Waals surface area contributed by atoms with Gasteiger partial charge in [-0.15, -0.1) is 0 Å². The van der Waals surface area contributed by atoms with Crippen molar-refractivity contribution in [2.24, 2.45) is 0 Å². The van der Waals surface area contributed by atoms with E-state index >= 15 is 0 Å². The predicted octanol–water partition coefficient (Wildman–Crippen LogP) is 5.14. The monoisotopic (exact) mass is 338 g/mol. The fourth-order valence-electron chi connectivity index (χ4n) is 2.20. The van der Waals surface area contributed by atoms with Gasteiger partial charge in [0.25, 0.3) is 0 Å². The van der Waals surface area contributed by atoms with E-state index in [-0.39, 0.29) is 0 Å². The Morgan fingerprint density at radius 1 is 0.682 bits per heavy atom. The van der Waals surface area contributed by atoms with E-state index in [2.05, 4.69) is 26.0 Å². The molecule has 0 saturated carbocycles. The zero-order valence-electron chi connectivity index (χ0n) is 12.9. The van der Waals surface area contributed by atoms with Gasteiger partial charge in [-0.2, -0.15) is 8.67 Å². The van der Waals surface area contributed by atoms with Crippen LogP contribution in [0.15, 0.2) is 46.2 Å². The van der Waals surface area contributed by atoms with Gasteiger partial charge in [-0.3, -0.25) is 0 Å². The highest BCUT2D eigenvalue weighted by molar-refractivity contribution is 7.95. The molecule has 118 valence electrons. The summed E-state index contributed by atoms with van der Waals surface area (Å²) in [5, 5.41) is 0. The maximum atomic E-state index is 5.05. The van der Waals surface area contributed by atoms with E-state index in [9.17, 15) is 0 Å². The molecule has 4 nitrogen and oxygen atoms in total. The van der Waals surface area contributed by atoms with Gasteiger partial charge in [0.05, 0.1) is 38.3 Å². The minimum atomic E-state index is 0.982. The number of aryl methyl sites for hydroxylation is 2. The van der Waals surface area contributed by atoms with Crippen molar-refractivity contribution in [3.8, 4) is 11.1 Å². The van der Waals surface area contributed by atoms with Gasteiger partial charge in [0, 0.05) is 20.9 Å². The average Bonchev–Trinajstić information content (AvgIpc) is 2.52. The third kappa shape index (κ3) is 4.04. The van der Waals surface area contributed by atoms with E-state index in [1.54, 1.807) is 0 Å². The summed E-state index contributed by atoms with van der Waals surface area (Å²) in [6.07, 6.45) is 0. The van der Waals surface area contributed by atoms with E-state index in [1.807, 2.05) is 24.3 Å². The molecule has 0 aromatic heterocycles. The molecule has 2 aromatic rings. The molecule has 0 bridgehead atoms. The molecule has 0 unspecified atom stereocenters. The molecular weight excluding hydrogens is 320 g/mol. The summed E-state index contributed by atoms with van der Waals surface area (Å²) in [6.45, 7) is 4.15. The summed E-state index contributed by atoms with van der Waals surface area (Å²) in [4.78, 5) is 11.4. The van der Waals surface area contributed by atoms with Crippen LogP contribution in [0.3, 0.4) is 0 Å². The van der Waals surface area contributed by atoms with Crippen LogP contribution in [0.4, 0.5) is 0 Å². The third-order valence-corrected chi connectivity index (χ3v) is 4.55. The first-order valence-corrected chi connectivity index (χ1v) is 8.11. The van der Waals surface area contributed by atoms with Gasteiger partial charge >= 0.3 is 0 Å². The highest BCUT2D eigenvalue weighted by atomic mass is 32.2. The molecule has 0 saturated heterocycles. The molecule has 0 spiro atoms. The zero-order chi connectivity index (χ0) is 15.9. The van der Waals surface area contributed by atoms with E-state index in [4.69, 9.17) is 18.4 Å². The largest absolute Gasteiger partial charge is 0.227 e. The summed E-state index contributed by atoms with van der Waals surface area (Å²) < 4.78 is 10.1. The number of rotatable bonds is 7. The van der Waals surface area contributed by atoms with Crippen LogP contribution in [0.1, 0.15) is 11.1 Å². The molecular formula is C16H18O4S2. The fraction of sp³-hybridized carbons (Fsp3) is 0.250. The molecule has 0 atom stereocenters. The maximum Gasteiger partial charge on any atom is 0.0725 e. The Labute approximate surface area is 139 Å². The molecule has 0 N–H and O–H groups in total. The molecule has 0 fully saturated rings. The van der Waals surface area contributed by atoms with E-state index in [0.29, 0.717) is 0 Å². The summed E-state index contributed by atoms with van der Waals surface area (Å²) in [5.74, 6) is 0. The van der Waals surface area contributed by atoms with Gasteiger partial charge in [0.1, 0.15) is 0 Å². The Kier molecular flexibility index (Phi) is 6.75. The normalized spacial score (nSPS) is 10.9. The Hall–Kier alpha value is -1.02. The number of benzene rings is 2. The van der Waals surface area contributed by atoms with Gasteiger partial charge in [0.15, 0.2) is 0 Å². The van der Waals surface area contributed by atoms with Crippen LogP contribution >= 0.6 is 24.1 Å². The molecule has 0 aliphatic carbocycles. The molecule has 2 rings (SSSR count). The molecule has 0 heterocycles. The SMILES string of the molecule is COOSc1cccc(C)c1-c1c(C)cccc1SOOC. The highest BCUT2D eigenvalue weighted by Gasteiger charge is 2.16. The first-order chi connectivity index (χ1) is 10.7. The van der Waals surface area contributed by atoms with Crippen LogP contribution in [0.2, 0.25) is 0 Å². The van der Waals surface area contributed by atoms with Crippen LogP contribution in [0.5, 0.6) is 0 Å². The van der Waals surface area contributed by atoms with Crippen molar-refractivity contribution in [2.45, 2.75) is 23.6 Å². The molecule has 22 heavy (non-hydrogen) atoms. The second-order valence-electron chi connectivity index (χ2n) is 4.53. The van der Waals surface area contributed by atoms with Crippen molar-refractivity contribution in [3.63, 3.8) is 0 Å². The van der Waals surface area contributed by atoms with E-state index in [1.165, 1.54) is 38.3 Å². The maximum absolute atomic E-state index is 5.05. The lowest BCUT2D eigenvalue weighted by molar-refractivity contribution is -0.160. The quantitative estimate of drug-likeness (QED) is 0.395. The van der Waals surface area contributed by atoms with Crippen molar-refractivity contribution in [1.29, 1.82) is 0 Å². The minimum Gasteiger partial charge on any atom is -0.227 e. The molecule has 2 aromatic carbocycles. The second-order valence-corrected chi connectivity index (χ2v) is 6.02. The summed E-state index contributed by atoms with van der Waals surface area (Å²) in [5.41, 5.74) is 4.51. The van der Waals surface area contributed by atoms with Crippen molar-refractivity contribution in [2.75, 3.05) is 14.2 Å². The summed E-state index contributed by atoms with van der Waals surface area (Å²) in [6, 6.07) is 12.1. The van der Waals surface area contributed by atoms with Crippen LogP contribution in [0.25, 0.3) is 11.1 Å². The summed E-state index contributed by atoms with van der Waals surface area (Å²) in [7, 11) is 2.98. The second kappa shape index (κ2) is 8.57. The van der Waals surface area contributed by atoms with Gasteiger partial charge in [-0.1, -0.05) is 24.3 Å². The van der Waals surface area contributed by atoms with Gasteiger partial charge in [-0.05, 0) is 37.1 Å². The Morgan fingerprint density at radius 3 is 1.45 bits per heavy atom. The first kappa shape index (κ1) is 17.3. The lowest BCUT2D eigenvalue weighted by Gasteiger charge is -2.16. The molecule has 0 radical (unpaired) electrons. The van der Waals surface area contributed by atoms with Crippen molar-refractivity contribution in [1.82, 2.24) is 0 Å². The zero-order valence-corrected chi connectivity index (χ0v) is 14.5. The van der Waals surface area contributed by atoms with Gasteiger partial charge in [0.2, 0.25) is 0 Å². The van der Waals surface area contributed by atoms with E-state index < -0.39 is 0 Å².